The zero-order chi connectivity index (χ0) is 15.4. The SMILES string of the molecule is CC[C@@H](/N=C(\NC)c1nc(C)cs1)c1cccc(F)c1Cl. The molecule has 0 aliphatic carbocycles. The van der Waals surface area contributed by atoms with Gasteiger partial charge in [0.2, 0.25) is 0 Å². The van der Waals surface area contributed by atoms with Crippen LogP contribution < -0.4 is 5.32 Å². The van der Waals surface area contributed by atoms with Gasteiger partial charge in [-0.05, 0) is 25.0 Å². The number of amidine groups is 1. The minimum atomic E-state index is -0.418. The standard InChI is InChI=1S/C15H17ClFN3S/c1-4-12(10-6-5-7-11(17)13(10)16)20-14(18-3)15-19-9(2)8-21-15/h5-8,12H,4H2,1-3H3,(H,18,20)/t12-/m1/s1. The van der Waals surface area contributed by atoms with Crippen LogP contribution >= 0.6 is 22.9 Å². The van der Waals surface area contributed by atoms with Crippen molar-refractivity contribution in [3.8, 4) is 0 Å². The topological polar surface area (TPSA) is 37.3 Å². The smallest absolute Gasteiger partial charge is 0.158 e. The monoisotopic (exact) mass is 325 g/mol. The van der Waals surface area contributed by atoms with Crippen LogP contribution in [0.15, 0.2) is 28.6 Å². The number of hydrogen-bond donors (Lipinski definition) is 1. The lowest BCUT2D eigenvalue weighted by atomic mass is 10.0. The van der Waals surface area contributed by atoms with E-state index in [1.807, 2.05) is 25.3 Å². The molecule has 6 heteroatoms. The number of thiazole rings is 1. The molecule has 1 N–H and O–H groups in total. The summed E-state index contributed by atoms with van der Waals surface area (Å²) in [5.41, 5.74) is 1.65. The van der Waals surface area contributed by atoms with E-state index in [4.69, 9.17) is 11.6 Å². The highest BCUT2D eigenvalue weighted by Gasteiger charge is 2.16. The number of aryl methyl sites for hydroxylation is 1. The highest BCUT2D eigenvalue weighted by Crippen LogP contribution is 2.30. The predicted molar refractivity (Wildman–Crippen MR) is 86.9 cm³/mol. The molecular weight excluding hydrogens is 309 g/mol. The van der Waals surface area contributed by atoms with Crippen LogP contribution in [-0.4, -0.2) is 17.9 Å². The maximum absolute atomic E-state index is 13.6. The first-order valence-electron chi connectivity index (χ1n) is 6.68. The third-order valence-corrected chi connectivity index (χ3v) is 4.44. The fourth-order valence-electron chi connectivity index (χ4n) is 2.00. The number of nitrogens with one attached hydrogen (secondary N) is 1. The van der Waals surface area contributed by atoms with Crippen LogP contribution in [0.25, 0.3) is 0 Å². The molecule has 2 aromatic rings. The second-order valence-electron chi connectivity index (χ2n) is 4.59. The first-order valence-corrected chi connectivity index (χ1v) is 7.94. The molecule has 1 aromatic carbocycles. The highest BCUT2D eigenvalue weighted by molar-refractivity contribution is 7.11. The van der Waals surface area contributed by atoms with E-state index in [0.717, 1.165) is 17.1 Å². The molecule has 2 rings (SSSR count). The molecule has 3 nitrogen and oxygen atoms in total. The van der Waals surface area contributed by atoms with E-state index in [0.29, 0.717) is 11.4 Å². The van der Waals surface area contributed by atoms with E-state index < -0.39 is 5.82 Å². The Hall–Kier alpha value is -1.46. The second-order valence-corrected chi connectivity index (χ2v) is 5.82. The summed E-state index contributed by atoms with van der Waals surface area (Å²) >= 11 is 7.59. The lowest BCUT2D eigenvalue weighted by molar-refractivity contribution is 0.617. The first kappa shape index (κ1) is 15.9. The molecule has 0 spiro atoms. The van der Waals surface area contributed by atoms with E-state index in [-0.39, 0.29) is 11.1 Å². The van der Waals surface area contributed by atoms with Gasteiger partial charge in [-0.1, -0.05) is 30.7 Å². The number of aromatic nitrogens is 1. The normalized spacial score (nSPS) is 13.3. The Balaban J connectivity index is 2.40. The van der Waals surface area contributed by atoms with E-state index in [2.05, 4.69) is 15.3 Å². The van der Waals surface area contributed by atoms with Crippen LogP contribution in [0, 0.1) is 12.7 Å². The van der Waals surface area contributed by atoms with Crippen molar-refractivity contribution in [2.24, 2.45) is 4.99 Å². The lowest BCUT2D eigenvalue weighted by Crippen LogP contribution is -2.20. The summed E-state index contributed by atoms with van der Waals surface area (Å²) in [7, 11) is 1.80. The van der Waals surface area contributed by atoms with Crippen LogP contribution in [0.4, 0.5) is 4.39 Å². The third-order valence-electron chi connectivity index (χ3n) is 3.07. The number of aliphatic imine (C=N–C) groups is 1. The molecule has 0 unspecified atom stereocenters. The molecule has 0 aliphatic rings. The molecule has 0 aliphatic heterocycles. The summed E-state index contributed by atoms with van der Waals surface area (Å²) in [6, 6.07) is 4.61. The fourth-order valence-corrected chi connectivity index (χ4v) is 3.05. The minimum absolute atomic E-state index is 0.138. The van der Waals surface area contributed by atoms with Crippen molar-refractivity contribution < 1.29 is 4.39 Å². The molecule has 112 valence electrons. The summed E-state index contributed by atoms with van der Waals surface area (Å²) in [6.45, 7) is 3.93. The van der Waals surface area contributed by atoms with Gasteiger partial charge in [-0.25, -0.2) is 9.37 Å². The van der Waals surface area contributed by atoms with Gasteiger partial charge in [0.15, 0.2) is 10.8 Å². The van der Waals surface area contributed by atoms with Gasteiger partial charge in [-0.3, -0.25) is 4.99 Å². The number of hydrogen-bond acceptors (Lipinski definition) is 3. The largest absolute Gasteiger partial charge is 0.371 e. The molecule has 0 saturated heterocycles. The third kappa shape index (κ3) is 3.60. The molecular formula is C15H17ClFN3S. The number of benzene rings is 1. The van der Waals surface area contributed by atoms with Crippen molar-refractivity contribution in [1.82, 2.24) is 10.3 Å². The van der Waals surface area contributed by atoms with Gasteiger partial charge in [-0.2, -0.15) is 0 Å². The maximum atomic E-state index is 13.6. The van der Waals surface area contributed by atoms with Crippen LogP contribution in [0.2, 0.25) is 5.02 Å². The van der Waals surface area contributed by atoms with Crippen molar-refractivity contribution >= 4 is 28.8 Å². The van der Waals surface area contributed by atoms with Crippen molar-refractivity contribution in [1.29, 1.82) is 0 Å². The number of halogens is 2. The zero-order valence-electron chi connectivity index (χ0n) is 12.2. The molecule has 1 heterocycles. The van der Waals surface area contributed by atoms with Crippen molar-refractivity contribution in [3.63, 3.8) is 0 Å². The Kier molecular flexibility index (Phi) is 5.31. The molecule has 1 aromatic heterocycles. The first-order chi connectivity index (χ1) is 10.1. The summed E-state index contributed by atoms with van der Waals surface area (Å²) in [4.78, 5) is 9.09. The van der Waals surface area contributed by atoms with Gasteiger partial charge in [0.1, 0.15) is 5.82 Å². The molecule has 0 radical (unpaired) electrons. The maximum Gasteiger partial charge on any atom is 0.158 e. The second kappa shape index (κ2) is 7.00. The lowest BCUT2D eigenvalue weighted by Gasteiger charge is -2.14. The summed E-state index contributed by atoms with van der Waals surface area (Å²) < 4.78 is 13.6. The molecule has 0 fully saturated rings. The molecule has 0 amide bonds. The zero-order valence-corrected chi connectivity index (χ0v) is 13.7. The fraction of sp³-hybridized carbons (Fsp3) is 0.333. The summed E-state index contributed by atoms with van der Waals surface area (Å²) in [6.07, 6.45) is 0.721. The van der Waals surface area contributed by atoms with Crippen LogP contribution in [-0.2, 0) is 0 Å². The van der Waals surface area contributed by atoms with E-state index in [1.165, 1.54) is 17.4 Å². The Morgan fingerprint density at radius 2 is 2.29 bits per heavy atom. The Labute approximate surface area is 132 Å². The summed E-state index contributed by atoms with van der Waals surface area (Å²) in [5, 5.41) is 5.99. The van der Waals surface area contributed by atoms with Crippen LogP contribution in [0.1, 0.15) is 35.7 Å². The van der Waals surface area contributed by atoms with Crippen molar-refractivity contribution in [3.05, 3.63) is 50.7 Å². The Morgan fingerprint density at radius 3 is 2.86 bits per heavy atom. The molecule has 1 atom stereocenters. The number of nitrogens with zero attached hydrogens (tertiary/aromatic N) is 2. The van der Waals surface area contributed by atoms with Crippen molar-refractivity contribution in [2.75, 3.05) is 7.05 Å². The quantitative estimate of drug-likeness (QED) is 0.670. The minimum Gasteiger partial charge on any atom is -0.371 e. The van der Waals surface area contributed by atoms with E-state index in [1.54, 1.807) is 13.1 Å². The highest BCUT2D eigenvalue weighted by atomic mass is 35.5. The average molecular weight is 326 g/mol. The Morgan fingerprint density at radius 1 is 1.52 bits per heavy atom. The average Bonchev–Trinajstić information content (AvgIpc) is 2.90. The van der Waals surface area contributed by atoms with Gasteiger partial charge < -0.3 is 5.32 Å². The van der Waals surface area contributed by atoms with Gasteiger partial charge in [-0.15, -0.1) is 11.3 Å². The van der Waals surface area contributed by atoms with Crippen LogP contribution in [0.5, 0.6) is 0 Å². The van der Waals surface area contributed by atoms with Gasteiger partial charge >= 0.3 is 0 Å². The summed E-state index contributed by atoms with van der Waals surface area (Å²) in [5.74, 6) is 0.277. The van der Waals surface area contributed by atoms with Crippen molar-refractivity contribution in [2.45, 2.75) is 26.3 Å². The van der Waals surface area contributed by atoms with Gasteiger partial charge in [0.05, 0.1) is 11.1 Å². The van der Waals surface area contributed by atoms with Gasteiger partial charge in [0, 0.05) is 18.1 Å². The predicted octanol–water partition coefficient (Wildman–Crippen LogP) is 4.36. The van der Waals surface area contributed by atoms with Crippen LogP contribution in [0.3, 0.4) is 0 Å². The molecule has 0 bridgehead atoms. The number of rotatable bonds is 4. The van der Waals surface area contributed by atoms with Gasteiger partial charge in [0.25, 0.3) is 0 Å². The Bertz CT molecular complexity index is 654. The van der Waals surface area contributed by atoms with E-state index >= 15 is 0 Å². The van der Waals surface area contributed by atoms with E-state index in [9.17, 15) is 4.39 Å². The molecule has 21 heavy (non-hydrogen) atoms. The molecule has 0 saturated carbocycles.